The largest absolute Gasteiger partial charge is 0.395 e. The van der Waals surface area contributed by atoms with Gasteiger partial charge in [-0.3, -0.25) is 0 Å². The summed E-state index contributed by atoms with van der Waals surface area (Å²) in [6, 6.07) is 8.23. The predicted octanol–water partition coefficient (Wildman–Crippen LogP) is 2.47. The fourth-order valence-corrected chi connectivity index (χ4v) is 1.91. The van der Waals surface area contributed by atoms with Crippen LogP contribution < -0.4 is 0 Å². The van der Waals surface area contributed by atoms with E-state index in [0.29, 0.717) is 0 Å². The van der Waals surface area contributed by atoms with Crippen molar-refractivity contribution in [1.29, 1.82) is 0 Å². The summed E-state index contributed by atoms with van der Waals surface area (Å²) in [6.07, 6.45) is 2.25. The Labute approximate surface area is 80.5 Å². The monoisotopic (exact) mass is 226 g/mol. The van der Waals surface area contributed by atoms with E-state index in [0.717, 1.165) is 17.3 Å². The van der Waals surface area contributed by atoms with Crippen LogP contribution in [-0.4, -0.2) is 11.7 Å². The first-order valence-electron chi connectivity index (χ1n) is 4.14. The average Bonchev–Trinajstić information content (AvgIpc) is 2.84. The maximum atomic E-state index is 9.19. The van der Waals surface area contributed by atoms with Crippen molar-refractivity contribution in [2.24, 2.45) is 0 Å². The van der Waals surface area contributed by atoms with E-state index in [9.17, 15) is 5.11 Å². The van der Waals surface area contributed by atoms with Gasteiger partial charge in [-0.2, -0.15) is 0 Å². The van der Waals surface area contributed by atoms with Gasteiger partial charge in [0.25, 0.3) is 0 Å². The fourth-order valence-electron chi connectivity index (χ4n) is 1.51. The summed E-state index contributed by atoms with van der Waals surface area (Å²) in [7, 11) is 0. The SMILES string of the molecule is OCC1(c2cccc(Br)c2)CC1. The van der Waals surface area contributed by atoms with Crippen molar-refractivity contribution in [2.75, 3.05) is 6.61 Å². The Morgan fingerprint density at radius 3 is 2.67 bits per heavy atom. The zero-order chi connectivity index (χ0) is 8.60. The van der Waals surface area contributed by atoms with Crippen LogP contribution >= 0.6 is 15.9 Å². The van der Waals surface area contributed by atoms with E-state index in [-0.39, 0.29) is 12.0 Å². The van der Waals surface area contributed by atoms with Crippen molar-refractivity contribution < 1.29 is 5.11 Å². The van der Waals surface area contributed by atoms with Crippen molar-refractivity contribution in [3.05, 3.63) is 34.3 Å². The molecule has 1 aliphatic rings. The molecule has 1 fully saturated rings. The second kappa shape index (κ2) is 2.86. The molecule has 0 amide bonds. The van der Waals surface area contributed by atoms with Gasteiger partial charge in [-0.15, -0.1) is 0 Å². The van der Waals surface area contributed by atoms with Crippen LogP contribution in [0, 0.1) is 0 Å². The highest BCUT2D eigenvalue weighted by molar-refractivity contribution is 9.10. The van der Waals surface area contributed by atoms with Gasteiger partial charge >= 0.3 is 0 Å². The normalized spacial score (nSPS) is 19.2. The Bertz CT molecular complexity index is 292. The summed E-state index contributed by atoms with van der Waals surface area (Å²) in [5.41, 5.74) is 1.36. The minimum atomic E-state index is 0.101. The molecule has 0 aliphatic heterocycles. The van der Waals surface area contributed by atoms with Gasteiger partial charge in [0, 0.05) is 9.89 Å². The lowest BCUT2D eigenvalue weighted by molar-refractivity contribution is 0.255. The third kappa shape index (κ3) is 1.29. The molecule has 0 heterocycles. The summed E-state index contributed by atoms with van der Waals surface area (Å²) < 4.78 is 1.10. The number of rotatable bonds is 2. The molecule has 1 aromatic rings. The Balaban J connectivity index is 2.34. The summed E-state index contributed by atoms with van der Waals surface area (Å²) in [4.78, 5) is 0. The fraction of sp³-hybridized carbons (Fsp3) is 0.400. The first-order valence-corrected chi connectivity index (χ1v) is 4.93. The van der Waals surface area contributed by atoms with Crippen molar-refractivity contribution in [1.82, 2.24) is 0 Å². The van der Waals surface area contributed by atoms with Gasteiger partial charge in [-0.1, -0.05) is 28.1 Å². The molecule has 0 spiro atoms. The third-order valence-corrected chi connectivity index (χ3v) is 3.09. The van der Waals surface area contributed by atoms with Gasteiger partial charge in [0.2, 0.25) is 0 Å². The van der Waals surface area contributed by atoms with Gasteiger partial charge in [0.15, 0.2) is 0 Å². The molecule has 0 radical (unpaired) electrons. The maximum absolute atomic E-state index is 9.19. The van der Waals surface area contributed by atoms with Crippen LogP contribution in [0.3, 0.4) is 0 Å². The smallest absolute Gasteiger partial charge is 0.0527 e. The molecule has 2 heteroatoms. The van der Waals surface area contributed by atoms with E-state index >= 15 is 0 Å². The summed E-state index contributed by atoms with van der Waals surface area (Å²) in [5, 5.41) is 9.19. The van der Waals surface area contributed by atoms with Crippen molar-refractivity contribution >= 4 is 15.9 Å². The molecule has 0 atom stereocenters. The molecule has 0 unspecified atom stereocenters. The van der Waals surface area contributed by atoms with Gasteiger partial charge < -0.3 is 5.11 Å². The minimum Gasteiger partial charge on any atom is -0.395 e. The van der Waals surface area contributed by atoms with E-state index in [1.807, 2.05) is 12.1 Å². The quantitative estimate of drug-likeness (QED) is 0.822. The number of aliphatic hydroxyl groups excluding tert-OH is 1. The molecular weight excluding hydrogens is 216 g/mol. The van der Waals surface area contributed by atoms with Crippen LogP contribution in [0.15, 0.2) is 28.7 Å². The third-order valence-electron chi connectivity index (χ3n) is 2.59. The Hall–Kier alpha value is -0.340. The summed E-state index contributed by atoms with van der Waals surface area (Å²) in [6.45, 7) is 0.281. The molecule has 2 rings (SSSR count). The number of hydrogen-bond donors (Lipinski definition) is 1. The van der Waals surface area contributed by atoms with Crippen LogP contribution in [0.4, 0.5) is 0 Å². The van der Waals surface area contributed by atoms with Crippen LogP contribution in [0.2, 0.25) is 0 Å². The van der Waals surface area contributed by atoms with Crippen LogP contribution in [0.1, 0.15) is 18.4 Å². The molecule has 64 valence electrons. The lowest BCUT2D eigenvalue weighted by Crippen LogP contribution is -2.11. The summed E-state index contributed by atoms with van der Waals surface area (Å²) in [5.74, 6) is 0. The summed E-state index contributed by atoms with van der Waals surface area (Å²) >= 11 is 3.43. The number of halogens is 1. The van der Waals surface area contributed by atoms with Crippen molar-refractivity contribution in [2.45, 2.75) is 18.3 Å². The highest BCUT2D eigenvalue weighted by atomic mass is 79.9. The van der Waals surface area contributed by atoms with Gasteiger partial charge in [-0.05, 0) is 30.5 Å². The van der Waals surface area contributed by atoms with Crippen LogP contribution in [-0.2, 0) is 5.41 Å². The number of aliphatic hydroxyl groups is 1. The van der Waals surface area contributed by atoms with Crippen molar-refractivity contribution in [3.63, 3.8) is 0 Å². The van der Waals surface area contributed by atoms with E-state index in [2.05, 4.69) is 28.1 Å². The molecule has 12 heavy (non-hydrogen) atoms. The average molecular weight is 227 g/mol. The van der Waals surface area contributed by atoms with E-state index < -0.39 is 0 Å². The molecule has 1 saturated carbocycles. The minimum absolute atomic E-state index is 0.101. The molecule has 1 N–H and O–H groups in total. The van der Waals surface area contributed by atoms with Gasteiger partial charge in [-0.25, -0.2) is 0 Å². The zero-order valence-electron chi connectivity index (χ0n) is 6.76. The standard InChI is InChI=1S/C10H11BrO/c11-9-3-1-2-8(6-9)10(7-12)4-5-10/h1-3,6,12H,4-5,7H2. The molecule has 0 bridgehead atoms. The van der Waals surface area contributed by atoms with E-state index in [4.69, 9.17) is 0 Å². The lowest BCUT2D eigenvalue weighted by atomic mass is 9.97. The number of benzene rings is 1. The highest BCUT2D eigenvalue weighted by Gasteiger charge is 2.43. The lowest BCUT2D eigenvalue weighted by Gasteiger charge is -2.11. The second-order valence-electron chi connectivity index (χ2n) is 3.45. The first kappa shape index (κ1) is 8.27. The van der Waals surface area contributed by atoms with Crippen molar-refractivity contribution in [3.8, 4) is 0 Å². The van der Waals surface area contributed by atoms with Gasteiger partial charge in [0.1, 0.15) is 0 Å². The maximum Gasteiger partial charge on any atom is 0.0527 e. The first-order chi connectivity index (χ1) is 5.77. The van der Waals surface area contributed by atoms with Crippen LogP contribution in [0.25, 0.3) is 0 Å². The molecule has 0 aromatic heterocycles. The molecule has 0 saturated heterocycles. The topological polar surface area (TPSA) is 20.2 Å². The predicted molar refractivity (Wildman–Crippen MR) is 52.1 cm³/mol. The molecule has 1 aliphatic carbocycles. The van der Waals surface area contributed by atoms with E-state index in [1.165, 1.54) is 5.56 Å². The Morgan fingerprint density at radius 1 is 1.42 bits per heavy atom. The van der Waals surface area contributed by atoms with E-state index in [1.54, 1.807) is 0 Å². The molecule has 1 nitrogen and oxygen atoms in total. The Morgan fingerprint density at radius 2 is 2.17 bits per heavy atom. The number of hydrogen-bond acceptors (Lipinski definition) is 1. The zero-order valence-corrected chi connectivity index (χ0v) is 8.34. The molecule has 1 aromatic carbocycles. The molecular formula is C10H11BrO. The second-order valence-corrected chi connectivity index (χ2v) is 4.36. The Kier molecular flexibility index (Phi) is 1.97. The van der Waals surface area contributed by atoms with Crippen LogP contribution in [0.5, 0.6) is 0 Å². The van der Waals surface area contributed by atoms with Gasteiger partial charge in [0.05, 0.1) is 6.61 Å². The highest BCUT2D eigenvalue weighted by Crippen LogP contribution is 2.47.